The van der Waals surface area contributed by atoms with E-state index in [2.05, 4.69) is 31.0 Å². The Kier molecular flexibility index (Phi) is 4.26. The molecule has 3 atom stereocenters. The van der Waals surface area contributed by atoms with Crippen molar-refractivity contribution in [3.8, 4) is 0 Å². The Morgan fingerprint density at radius 1 is 1.25 bits per heavy atom. The molecule has 1 saturated carbocycles. The van der Waals surface area contributed by atoms with Crippen LogP contribution in [0.5, 0.6) is 0 Å². The summed E-state index contributed by atoms with van der Waals surface area (Å²) in [7, 11) is 0. The second-order valence-corrected chi connectivity index (χ2v) is 6.23. The summed E-state index contributed by atoms with van der Waals surface area (Å²) in [5.74, 6) is 1.86. The number of nitrogens with one attached hydrogen (secondary N) is 1. The van der Waals surface area contributed by atoms with E-state index in [0.717, 1.165) is 17.9 Å². The maximum Gasteiger partial charge on any atom is 0.00697 e. The highest BCUT2D eigenvalue weighted by Crippen LogP contribution is 2.34. The van der Waals surface area contributed by atoms with Crippen molar-refractivity contribution in [3.05, 3.63) is 0 Å². The SMILES string of the molecule is CC1CNC(C)CCN(C(C)CC2CC2)C1. The van der Waals surface area contributed by atoms with Crippen molar-refractivity contribution in [2.24, 2.45) is 11.8 Å². The Balaban J connectivity index is 1.84. The number of hydrogen-bond donors (Lipinski definition) is 1. The fourth-order valence-corrected chi connectivity index (χ4v) is 2.81. The van der Waals surface area contributed by atoms with Crippen LogP contribution in [0.15, 0.2) is 0 Å². The van der Waals surface area contributed by atoms with E-state index in [4.69, 9.17) is 0 Å². The first-order valence-electron chi connectivity index (χ1n) is 7.12. The minimum Gasteiger partial charge on any atom is -0.314 e. The van der Waals surface area contributed by atoms with Crippen molar-refractivity contribution in [2.75, 3.05) is 19.6 Å². The molecule has 16 heavy (non-hydrogen) atoms. The fraction of sp³-hybridized carbons (Fsp3) is 1.00. The first-order valence-corrected chi connectivity index (χ1v) is 7.12. The van der Waals surface area contributed by atoms with Crippen LogP contribution < -0.4 is 5.32 Å². The molecule has 2 fully saturated rings. The van der Waals surface area contributed by atoms with Gasteiger partial charge in [-0.2, -0.15) is 0 Å². The van der Waals surface area contributed by atoms with Crippen molar-refractivity contribution < 1.29 is 0 Å². The second kappa shape index (κ2) is 5.50. The lowest BCUT2D eigenvalue weighted by molar-refractivity contribution is 0.146. The fourth-order valence-electron chi connectivity index (χ4n) is 2.81. The third kappa shape index (κ3) is 3.74. The van der Waals surface area contributed by atoms with Gasteiger partial charge in [-0.25, -0.2) is 0 Å². The third-order valence-corrected chi connectivity index (χ3v) is 4.20. The van der Waals surface area contributed by atoms with Crippen molar-refractivity contribution in [1.82, 2.24) is 10.2 Å². The zero-order valence-corrected chi connectivity index (χ0v) is 11.2. The number of hydrogen-bond acceptors (Lipinski definition) is 2. The van der Waals surface area contributed by atoms with Crippen LogP contribution in [0, 0.1) is 11.8 Å². The Morgan fingerprint density at radius 2 is 2.00 bits per heavy atom. The van der Waals surface area contributed by atoms with Gasteiger partial charge in [0.1, 0.15) is 0 Å². The van der Waals surface area contributed by atoms with E-state index >= 15 is 0 Å². The van der Waals surface area contributed by atoms with Crippen LogP contribution in [-0.4, -0.2) is 36.6 Å². The van der Waals surface area contributed by atoms with E-state index in [0.29, 0.717) is 6.04 Å². The van der Waals surface area contributed by atoms with Gasteiger partial charge in [-0.05, 0) is 51.6 Å². The molecule has 2 rings (SSSR count). The minimum absolute atomic E-state index is 0.693. The number of nitrogens with zero attached hydrogens (tertiary/aromatic N) is 1. The van der Waals surface area contributed by atoms with E-state index in [1.807, 2.05) is 0 Å². The third-order valence-electron chi connectivity index (χ3n) is 4.20. The average molecular weight is 224 g/mol. The Morgan fingerprint density at radius 3 is 2.69 bits per heavy atom. The molecular weight excluding hydrogens is 196 g/mol. The van der Waals surface area contributed by atoms with Gasteiger partial charge in [0.05, 0.1) is 0 Å². The molecule has 0 spiro atoms. The van der Waals surface area contributed by atoms with Gasteiger partial charge in [-0.1, -0.05) is 19.8 Å². The summed E-state index contributed by atoms with van der Waals surface area (Å²) in [5.41, 5.74) is 0. The molecule has 0 aromatic rings. The molecule has 0 aromatic carbocycles. The smallest absolute Gasteiger partial charge is 0.00697 e. The molecule has 2 aliphatic rings. The summed E-state index contributed by atoms with van der Waals surface area (Å²) in [6.07, 6.45) is 5.73. The van der Waals surface area contributed by atoms with Crippen LogP contribution in [0.2, 0.25) is 0 Å². The molecule has 0 aromatic heterocycles. The molecule has 1 aliphatic carbocycles. The van der Waals surface area contributed by atoms with Gasteiger partial charge in [0.2, 0.25) is 0 Å². The average Bonchev–Trinajstić information content (AvgIpc) is 3.02. The molecule has 1 N–H and O–H groups in total. The summed E-state index contributed by atoms with van der Waals surface area (Å²) < 4.78 is 0. The van der Waals surface area contributed by atoms with Gasteiger partial charge in [0.15, 0.2) is 0 Å². The molecule has 1 heterocycles. The molecule has 2 nitrogen and oxygen atoms in total. The predicted molar refractivity (Wildman–Crippen MR) is 69.6 cm³/mol. The van der Waals surface area contributed by atoms with Gasteiger partial charge in [-0.15, -0.1) is 0 Å². The van der Waals surface area contributed by atoms with E-state index in [1.54, 1.807) is 0 Å². The van der Waals surface area contributed by atoms with Gasteiger partial charge in [0, 0.05) is 18.6 Å². The van der Waals surface area contributed by atoms with E-state index in [-0.39, 0.29) is 0 Å². The van der Waals surface area contributed by atoms with E-state index in [9.17, 15) is 0 Å². The van der Waals surface area contributed by atoms with Crippen molar-refractivity contribution in [3.63, 3.8) is 0 Å². The van der Waals surface area contributed by atoms with Gasteiger partial charge in [-0.3, -0.25) is 0 Å². The molecule has 1 aliphatic heterocycles. The monoisotopic (exact) mass is 224 g/mol. The second-order valence-electron chi connectivity index (χ2n) is 6.23. The highest BCUT2D eigenvalue weighted by Gasteiger charge is 2.27. The van der Waals surface area contributed by atoms with E-state index < -0.39 is 0 Å². The maximum atomic E-state index is 3.62. The van der Waals surface area contributed by atoms with Crippen LogP contribution in [0.4, 0.5) is 0 Å². The normalized spacial score (nSPS) is 35.4. The Labute approximate surface area is 101 Å². The topological polar surface area (TPSA) is 15.3 Å². The van der Waals surface area contributed by atoms with Gasteiger partial charge >= 0.3 is 0 Å². The molecule has 0 amide bonds. The summed E-state index contributed by atoms with van der Waals surface area (Å²) in [6, 6.07) is 1.50. The first kappa shape index (κ1) is 12.4. The van der Waals surface area contributed by atoms with Gasteiger partial charge in [0.25, 0.3) is 0 Å². The Bertz CT molecular complexity index is 213. The highest BCUT2D eigenvalue weighted by molar-refractivity contribution is 4.82. The molecule has 3 unspecified atom stereocenters. The summed E-state index contributed by atoms with van der Waals surface area (Å²) in [5, 5.41) is 3.62. The highest BCUT2D eigenvalue weighted by atomic mass is 15.2. The lowest BCUT2D eigenvalue weighted by atomic mass is 10.0. The molecule has 0 radical (unpaired) electrons. The zero-order chi connectivity index (χ0) is 11.5. The summed E-state index contributed by atoms with van der Waals surface area (Å²) >= 11 is 0. The maximum absolute atomic E-state index is 3.62. The van der Waals surface area contributed by atoms with Crippen molar-refractivity contribution in [1.29, 1.82) is 0 Å². The molecule has 0 bridgehead atoms. The van der Waals surface area contributed by atoms with Crippen LogP contribution in [0.1, 0.15) is 46.5 Å². The quantitative estimate of drug-likeness (QED) is 0.792. The molecule has 94 valence electrons. The largest absolute Gasteiger partial charge is 0.314 e. The molecule has 1 saturated heterocycles. The van der Waals surface area contributed by atoms with Crippen LogP contribution >= 0.6 is 0 Å². The lowest BCUT2D eigenvalue weighted by Gasteiger charge is -2.35. The Hall–Kier alpha value is -0.0800. The summed E-state index contributed by atoms with van der Waals surface area (Å²) in [4.78, 5) is 2.74. The summed E-state index contributed by atoms with van der Waals surface area (Å²) in [6.45, 7) is 10.9. The predicted octanol–water partition coefficient (Wildman–Crippen LogP) is 2.49. The molecule has 2 heteroatoms. The van der Waals surface area contributed by atoms with E-state index in [1.165, 1.54) is 45.3 Å². The molecular formula is C14H28N2. The minimum atomic E-state index is 0.693. The van der Waals surface area contributed by atoms with Crippen LogP contribution in [0.3, 0.4) is 0 Å². The van der Waals surface area contributed by atoms with Crippen LogP contribution in [0.25, 0.3) is 0 Å². The van der Waals surface area contributed by atoms with Crippen LogP contribution in [-0.2, 0) is 0 Å². The standard InChI is InChI=1S/C14H28N2/c1-11-9-15-12(2)6-7-16(10-11)13(3)8-14-4-5-14/h11-15H,4-10H2,1-3H3. The van der Waals surface area contributed by atoms with Crippen molar-refractivity contribution in [2.45, 2.75) is 58.5 Å². The van der Waals surface area contributed by atoms with Gasteiger partial charge < -0.3 is 10.2 Å². The van der Waals surface area contributed by atoms with Crippen molar-refractivity contribution >= 4 is 0 Å². The first-order chi connectivity index (χ1) is 7.65. The number of rotatable bonds is 3. The lowest BCUT2D eigenvalue weighted by Crippen LogP contribution is -2.45. The zero-order valence-electron chi connectivity index (χ0n) is 11.2.